The second kappa shape index (κ2) is 9.56. The van der Waals surface area contributed by atoms with Crippen molar-refractivity contribution in [1.29, 1.82) is 0 Å². The average Bonchev–Trinajstić information content (AvgIpc) is 3.05. The number of hydrogen-bond acceptors (Lipinski definition) is 5. The summed E-state index contributed by atoms with van der Waals surface area (Å²) in [5.74, 6) is -0.531. The third-order valence-corrected chi connectivity index (χ3v) is 7.07. The van der Waals surface area contributed by atoms with Crippen LogP contribution in [0.15, 0.2) is 21.6 Å². The van der Waals surface area contributed by atoms with Gasteiger partial charge in [0.15, 0.2) is 5.76 Å². The number of sulfonamides is 1. The zero-order chi connectivity index (χ0) is 20.0. The van der Waals surface area contributed by atoms with E-state index in [-0.39, 0.29) is 29.7 Å². The average molecular weight is 412 g/mol. The van der Waals surface area contributed by atoms with Gasteiger partial charge in [0.25, 0.3) is 15.9 Å². The molecular formula is C19H29N3O5S. The van der Waals surface area contributed by atoms with Gasteiger partial charge in [-0.25, -0.2) is 8.42 Å². The molecule has 1 aromatic rings. The summed E-state index contributed by atoms with van der Waals surface area (Å²) in [5.41, 5.74) is 0. The van der Waals surface area contributed by atoms with Crippen LogP contribution in [0.2, 0.25) is 0 Å². The summed E-state index contributed by atoms with van der Waals surface area (Å²) in [6, 6.07) is 2.68. The fourth-order valence-electron chi connectivity index (χ4n) is 3.66. The Labute approximate surface area is 166 Å². The van der Waals surface area contributed by atoms with Gasteiger partial charge in [0, 0.05) is 39.1 Å². The Morgan fingerprint density at radius 1 is 0.929 bits per heavy atom. The van der Waals surface area contributed by atoms with Crippen molar-refractivity contribution in [2.45, 2.75) is 56.5 Å². The highest BCUT2D eigenvalue weighted by atomic mass is 32.2. The van der Waals surface area contributed by atoms with Crippen LogP contribution in [0.1, 0.15) is 61.9 Å². The number of likely N-dealkylation sites (tertiary alicyclic amines) is 1. The number of rotatable bonds is 6. The van der Waals surface area contributed by atoms with Crippen molar-refractivity contribution < 1.29 is 22.4 Å². The van der Waals surface area contributed by atoms with Crippen LogP contribution in [0, 0.1) is 0 Å². The molecule has 9 heteroatoms. The number of furan rings is 1. The molecule has 0 unspecified atom stereocenters. The van der Waals surface area contributed by atoms with Crippen molar-refractivity contribution in [3.63, 3.8) is 0 Å². The Bertz CT molecular complexity index is 775. The van der Waals surface area contributed by atoms with Gasteiger partial charge in [-0.1, -0.05) is 19.3 Å². The van der Waals surface area contributed by atoms with E-state index >= 15 is 0 Å². The lowest BCUT2D eigenvalue weighted by Gasteiger charge is -2.24. The van der Waals surface area contributed by atoms with Gasteiger partial charge in [-0.3, -0.25) is 9.59 Å². The van der Waals surface area contributed by atoms with E-state index in [1.807, 2.05) is 4.90 Å². The fraction of sp³-hybridized carbons (Fsp3) is 0.684. The van der Waals surface area contributed by atoms with E-state index < -0.39 is 15.9 Å². The summed E-state index contributed by atoms with van der Waals surface area (Å²) >= 11 is 0. The Morgan fingerprint density at radius 3 is 2.21 bits per heavy atom. The molecule has 0 saturated carbocycles. The van der Waals surface area contributed by atoms with Crippen LogP contribution >= 0.6 is 0 Å². The van der Waals surface area contributed by atoms with Gasteiger partial charge in [0.1, 0.15) is 0 Å². The van der Waals surface area contributed by atoms with E-state index in [9.17, 15) is 18.0 Å². The van der Waals surface area contributed by atoms with Gasteiger partial charge in [0.2, 0.25) is 11.0 Å². The Balaban J connectivity index is 1.50. The van der Waals surface area contributed by atoms with E-state index in [1.165, 1.54) is 16.4 Å². The smallest absolute Gasteiger partial charge is 0.287 e. The van der Waals surface area contributed by atoms with E-state index in [1.54, 1.807) is 0 Å². The first-order valence-corrected chi connectivity index (χ1v) is 11.6. The van der Waals surface area contributed by atoms with Crippen LogP contribution in [-0.4, -0.2) is 62.2 Å². The fourth-order valence-corrected chi connectivity index (χ4v) is 5.09. The number of carbonyl (C=O) groups is 2. The minimum Gasteiger partial charge on any atom is -0.438 e. The van der Waals surface area contributed by atoms with E-state index in [0.29, 0.717) is 13.1 Å². The molecule has 28 heavy (non-hydrogen) atoms. The van der Waals surface area contributed by atoms with E-state index in [4.69, 9.17) is 4.42 Å². The van der Waals surface area contributed by atoms with Gasteiger partial charge in [-0.2, -0.15) is 4.31 Å². The van der Waals surface area contributed by atoms with Crippen LogP contribution in [0.5, 0.6) is 0 Å². The molecule has 1 aromatic heterocycles. The first-order valence-electron chi connectivity index (χ1n) is 10.1. The molecule has 0 radical (unpaired) electrons. The molecule has 1 N–H and O–H groups in total. The monoisotopic (exact) mass is 411 g/mol. The molecule has 0 bridgehead atoms. The van der Waals surface area contributed by atoms with Crippen LogP contribution in [0.25, 0.3) is 0 Å². The molecule has 2 amide bonds. The summed E-state index contributed by atoms with van der Waals surface area (Å²) in [7, 11) is -3.70. The zero-order valence-corrected chi connectivity index (χ0v) is 17.0. The summed E-state index contributed by atoms with van der Waals surface area (Å²) in [5, 5.41) is 2.43. The van der Waals surface area contributed by atoms with Gasteiger partial charge >= 0.3 is 0 Å². The van der Waals surface area contributed by atoms with Gasteiger partial charge in [-0.15, -0.1) is 0 Å². The highest BCUT2D eigenvalue weighted by Gasteiger charge is 2.29. The molecule has 2 fully saturated rings. The standard InChI is InChI=1S/C19H29N3O5S/c23-17(21-12-4-1-2-5-13-21)10-11-20-19(24)16-8-9-18(27-16)28(25,26)22-14-6-3-7-15-22/h8-9H,1-7,10-15H2,(H,20,24). The highest BCUT2D eigenvalue weighted by molar-refractivity contribution is 7.89. The summed E-state index contributed by atoms with van der Waals surface area (Å²) in [6.07, 6.45) is 7.27. The maximum Gasteiger partial charge on any atom is 0.287 e. The molecule has 3 rings (SSSR count). The number of nitrogens with one attached hydrogen (secondary N) is 1. The van der Waals surface area contributed by atoms with Crippen molar-refractivity contribution in [2.24, 2.45) is 0 Å². The zero-order valence-electron chi connectivity index (χ0n) is 16.2. The largest absolute Gasteiger partial charge is 0.438 e. The maximum atomic E-state index is 12.6. The minimum absolute atomic E-state index is 0.0370. The first kappa shape index (κ1) is 20.9. The maximum absolute atomic E-state index is 12.6. The molecule has 0 aromatic carbocycles. The third-order valence-electron chi connectivity index (χ3n) is 5.30. The number of carbonyl (C=O) groups excluding carboxylic acids is 2. The Hall–Kier alpha value is -1.87. The Kier molecular flexibility index (Phi) is 7.12. The van der Waals surface area contributed by atoms with Gasteiger partial charge in [-0.05, 0) is 37.8 Å². The molecular weight excluding hydrogens is 382 g/mol. The van der Waals surface area contributed by atoms with Crippen molar-refractivity contribution in [1.82, 2.24) is 14.5 Å². The van der Waals surface area contributed by atoms with Crippen molar-refractivity contribution in [2.75, 3.05) is 32.7 Å². The summed E-state index contributed by atoms with van der Waals surface area (Å²) in [6.45, 7) is 2.71. The second-order valence-corrected chi connectivity index (χ2v) is 9.25. The predicted octanol–water partition coefficient (Wildman–Crippen LogP) is 1.98. The highest BCUT2D eigenvalue weighted by Crippen LogP contribution is 2.22. The third kappa shape index (κ3) is 5.14. The van der Waals surface area contributed by atoms with Gasteiger partial charge in [0.05, 0.1) is 0 Å². The molecule has 3 heterocycles. The molecule has 0 spiro atoms. The SMILES string of the molecule is O=C(NCCC(=O)N1CCCCCC1)c1ccc(S(=O)(=O)N2CCCCC2)o1. The molecule has 2 saturated heterocycles. The number of piperidine rings is 1. The molecule has 2 aliphatic rings. The van der Waals surface area contributed by atoms with Crippen molar-refractivity contribution in [3.05, 3.63) is 17.9 Å². The molecule has 8 nitrogen and oxygen atoms in total. The molecule has 0 aliphatic carbocycles. The van der Waals surface area contributed by atoms with Crippen molar-refractivity contribution >= 4 is 21.8 Å². The quantitative estimate of drug-likeness (QED) is 0.771. The van der Waals surface area contributed by atoms with Crippen LogP contribution in [0.3, 0.4) is 0 Å². The second-order valence-electron chi connectivity index (χ2n) is 7.38. The summed E-state index contributed by atoms with van der Waals surface area (Å²) in [4.78, 5) is 26.3. The lowest BCUT2D eigenvalue weighted by Crippen LogP contribution is -2.35. The lowest BCUT2D eigenvalue weighted by molar-refractivity contribution is -0.131. The van der Waals surface area contributed by atoms with Gasteiger partial charge < -0.3 is 14.6 Å². The Morgan fingerprint density at radius 2 is 1.54 bits per heavy atom. The topological polar surface area (TPSA) is 99.9 Å². The number of hydrogen-bond donors (Lipinski definition) is 1. The minimum atomic E-state index is -3.70. The molecule has 0 atom stereocenters. The normalized spacial score (nSPS) is 19.2. The van der Waals surface area contributed by atoms with Crippen LogP contribution < -0.4 is 5.32 Å². The lowest BCUT2D eigenvalue weighted by atomic mass is 10.2. The van der Waals surface area contributed by atoms with E-state index in [0.717, 1.165) is 58.0 Å². The van der Waals surface area contributed by atoms with Crippen molar-refractivity contribution in [3.8, 4) is 0 Å². The number of nitrogens with zero attached hydrogens (tertiary/aromatic N) is 2. The van der Waals surface area contributed by atoms with Crippen LogP contribution in [-0.2, 0) is 14.8 Å². The van der Waals surface area contributed by atoms with E-state index in [2.05, 4.69) is 5.32 Å². The van der Waals surface area contributed by atoms with Crippen LogP contribution in [0.4, 0.5) is 0 Å². The molecule has 2 aliphatic heterocycles. The predicted molar refractivity (Wildman–Crippen MR) is 103 cm³/mol. The first-order chi connectivity index (χ1) is 13.5. The number of amides is 2. The molecule has 156 valence electrons. The summed E-state index contributed by atoms with van der Waals surface area (Å²) < 4.78 is 31.9.